The number of hydrogen-bond donors (Lipinski definition) is 2. The van der Waals surface area contributed by atoms with Crippen LogP contribution in [0.2, 0.25) is 0 Å². The molecular weight excluding hydrogens is 564 g/mol. The van der Waals surface area contributed by atoms with Crippen LogP contribution in [0.3, 0.4) is 0 Å². The molecule has 0 atom stereocenters. The van der Waals surface area contributed by atoms with E-state index >= 15 is 0 Å². The van der Waals surface area contributed by atoms with Crippen LogP contribution in [0.5, 0.6) is 0 Å². The Morgan fingerprint density at radius 2 is 1.71 bits per heavy atom. The van der Waals surface area contributed by atoms with E-state index in [2.05, 4.69) is 10.4 Å². The van der Waals surface area contributed by atoms with Crippen LogP contribution in [-0.2, 0) is 27.8 Å². The van der Waals surface area contributed by atoms with Gasteiger partial charge in [0.05, 0.1) is 17.0 Å². The SMILES string of the molecule is O=C(CCc1ccc(Cn2cccn2)cc1[N+]1(C(=O)c2ccccc2)CCNCC1)NS(=O)(=O)c1ccc(F)c(F)c1. The van der Waals surface area contributed by atoms with E-state index in [1.165, 1.54) is 0 Å². The molecule has 1 fully saturated rings. The summed E-state index contributed by atoms with van der Waals surface area (Å²) in [6.45, 7) is 2.67. The first-order chi connectivity index (χ1) is 20.2. The average molecular weight is 595 g/mol. The van der Waals surface area contributed by atoms with Gasteiger partial charge in [0, 0.05) is 43.5 Å². The molecule has 5 rings (SSSR count). The number of quaternary nitrogens is 1. The normalized spacial score (nSPS) is 14.8. The third-order valence-corrected chi connectivity index (χ3v) is 8.71. The average Bonchev–Trinajstić information content (AvgIpc) is 3.51. The van der Waals surface area contributed by atoms with Crippen molar-refractivity contribution in [3.05, 3.63) is 114 Å². The van der Waals surface area contributed by atoms with Gasteiger partial charge in [0.2, 0.25) is 5.91 Å². The summed E-state index contributed by atoms with van der Waals surface area (Å²) >= 11 is 0. The lowest BCUT2D eigenvalue weighted by Crippen LogP contribution is -2.63. The molecule has 0 radical (unpaired) electrons. The highest BCUT2D eigenvalue weighted by molar-refractivity contribution is 7.90. The fourth-order valence-corrected chi connectivity index (χ4v) is 6.23. The Balaban J connectivity index is 1.46. The van der Waals surface area contributed by atoms with Crippen molar-refractivity contribution in [1.29, 1.82) is 0 Å². The van der Waals surface area contributed by atoms with Gasteiger partial charge in [-0.05, 0) is 48.4 Å². The van der Waals surface area contributed by atoms with E-state index in [1.807, 2.05) is 53.4 Å². The molecule has 218 valence electrons. The van der Waals surface area contributed by atoms with Crippen molar-refractivity contribution in [2.24, 2.45) is 0 Å². The summed E-state index contributed by atoms with van der Waals surface area (Å²) in [5.41, 5.74) is 2.95. The van der Waals surface area contributed by atoms with Crippen LogP contribution in [0.15, 0.2) is 90.1 Å². The molecule has 0 unspecified atom stereocenters. The zero-order valence-corrected chi connectivity index (χ0v) is 23.5. The smallest absolute Gasteiger partial charge is 0.306 e. The summed E-state index contributed by atoms with van der Waals surface area (Å²) < 4.78 is 55.9. The number of aryl methyl sites for hydroxylation is 1. The molecule has 0 bridgehead atoms. The van der Waals surface area contributed by atoms with Crippen LogP contribution >= 0.6 is 0 Å². The fraction of sp³-hybridized carbons (Fsp3) is 0.233. The van der Waals surface area contributed by atoms with Gasteiger partial charge in [-0.15, -0.1) is 0 Å². The highest BCUT2D eigenvalue weighted by Crippen LogP contribution is 2.33. The molecule has 12 heteroatoms. The molecule has 0 aliphatic carbocycles. The third-order valence-electron chi connectivity index (χ3n) is 7.34. The standard InChI is InChI=1S/C30H29F2N5O4S/c31-26-11-10-25(20-27(26)32)42(40,41)35-29(38)12-9-23-8-7-22(21-36-16-4-13-34-36)19-28(23)37(17-14-33-15-18-37)30(39)24-5-2-1-3-6-24/h1-8,10-11,13,16,19-20,33H,9,12,14-15,17-18,21H2/p+1. The number of nitrogens with one attached hydrogen (secondary N) is 2. The van der Waals surface area contributed by atoms with E-state index in [-0.39, 0.29) is 23.2 Å². The monoisotopic (exact) mass is 594 g/mol. The maximum atomic E-state index is 14.1. The highest BCUT2D eigenvalue weighted by Gasteiger charge is 2.43. The number of sulfonamides is 1. The summed E-state index contributed by atoms with van der Waals surface area (Å²) in [5.74, 6) is -3.41. The molecule has 2 heterocycles. The predicted molar refractivity (Wildman–Crippen MR) is 153 cm³/mol. The van der Waals surface area contributed by atoms with E-state index in [1.54, 1.807) is 23.0 Å². The number of nitrogens with zero attached hydrogens (tertiary/aromatic N) is 3. The predicted octanol–water partition coefficient (Wildman–Crippen LogP) is 3.40. The Labute approximate surface area is 242 Å². The number of hydrogen-bond acceptors (Lipinski definition) is 6. The minimum Gasteiger partial charge on any atom is -0.306 e. The first-order valence-electron chi connectivity index (χ1n) is 13.5. The van der Waals surface area contributed by atoms with Crippen LogP contribution in [0.25, 0.3) is 0 Å². The number of piperazine rings is 1. The lowest BCUT2D eigenvalue weighted by molar-refractivity contribution is -0.119. The number of halogens is 2. The molecule has 1 saturated heterocycles. The number of rotatable bonds is 9. The lowest BCUT2D eigenvalue weighted by atomic mass is 9.99. The maximum absolute atomic E-state index is 14.1. The van der Waals surface area contributed by atoms with Crippen molar-refractivity contribution in [3.8, 4) is 0 Å². The second kappa shape index (κ2) is 12.3. The molecular formula is C30H30F2N5O4S+. The molecule has 1 aliphatic heterocycles. The second-order valence-corrected chi connectivity index (χ2v) is 11.8. The maximum Gasteiger partial charge on any atom is 0.351 e. The number of aromatic nitrogens is 2. The van der Waals surface area contributed by atoms with Gasteiger partial charge in [-0.1, -0.05) is 30.3 Å². The minimum atomic E-state index is -4.41. The Hall–Kier alpha value is -4.26. The zero-order chi connectivity index (χ0) is 29.7. The molecule has 1 aromatic heterocycles. The Bertz CT molecular complexity index is 1690. The van der Waals surface area contributed by atoms with Gasteiger partial charge in [-0.3, -0.25) is 9.48 Å². The van der Waals surface area contributed by atoms with Crippen LogP contribution in [0, 0.1) is 11.6 Å². The largest absolute Gasteiger partial charge is 0.351 e. The van der Waals surface area contributed by atoms with Crippen LogP contribution < -0.4 is 14.5 Å². The number of amides is 2. The van der Waals surface area contributed by atoms with E-state index in [0.717, 1.165) is 22.9 Å². The fourth-order valence-electron chi connectivity index (χ4n) is 5.21. The van der Waals surface area contributed by atoms with Crippen molar-refractivity contribution in [2.45, 2.75) is 24.3 Å². The number of carbonyl (C=O) groups is 2. The zero-order valence-electron chi connectivity index (χ0n) is 22.7. The van der Waals surface area contributed by atoms with Gasteiger partial charge in [0.25, 0.3) is 10.0 Å². The van der Waals surface area contributed by atoms with Crippen molar-refractivity contribution in [1.82, 2.24) is 24.3 Å². The number of carbonyl (C=O) groups excluding carboxylic acids is 2. The molecule has 9 nitrogen and oxygen atoms in total. The third kappa shape index (κ3) is 6.30. The van der Waals surface area contributed by atoms with Gasteiger partial charge < -0.3 is 5.32 Å². The Morgan fingerprint density at radius 1 is 0.952 bits per heavy atom. The molecule has 1 aliphatic rings. The van der Waals surface area contributed by atoms with Gasteiger partial charge in [0.15, 0.2) is 11.6 Å². The Morgan fingerprint density at radius 3 is 2.40 bits per heavy atom. The molecule has 3 aromatic carbocycles. The van der Waals surface area contributed by atoms with Crippen molar-refractivity contribution < 1.29 is 26.8 Å². The molecule has 0 saturated carbocycles. The summed E-state index contributed by atoms with van der Waals surface area (Å²) in [7, 11) is -4.41. The quantitative estimate of drug-likeness (QED) is 0.288. The summed E-state index contributed by atoms with van der Waals surface area (Å²) in [4.78, 5) is 26.4. The van der Waals surface area contributed by atoms with E-state index in [0.29, 0.717) is 50.4 Å². The lowest BCUT2D eigenvalue weighted by Gasteiger charge is -2.40. The molecule has 2 N–H and O–H groups in total. The van der Waals surface area contributed by atoms with E-state index in [4.69, 9.17) is 0 Å². The topological polar surface area (TPSA) is 110 Å². The van der Waals surface area contributed by atoms with Crippen molar-refractivity contribution >= 4 is 27.5 Å². The van der Waals surface area contributed by atoms with Crippen molar-refractivity contribution in [2.75, 3.05) is 26.2 Å². The minimum absolute atomic E-state index is 0.0358. The van der Waals surface area contributed by atoms with Crippen molar-refractivity contribution in [3.63, 3.8) is 0 Å². The Kier molecular flexibility index (Phi) is 8.57. The summed E-state index contributed by atoms with van der Waals surface area (Å²) in [6, 6.07) is 18.7. The van der Waals surface area contributed by atoms with E-state index < -0.39 is 32.5 Å². The molecule has 4 aromatic rings. The molecule has 42 heavy (non-hydrogen) atoms. The summed E-state index contributed by atoms with van der Waals surface area (Å²) in [5, 5.41) is 7.61. The second-order valence-electron chi connectivity index (χ2n) is 10.1. The van der Waals surface area contributed by atoms with Gasteiger partial charge in [-0.25, -0.2) is 31.2 Å². The van der Waals surface area contributed by atoms with Crippen LogP contribution in [-0.4, -0.2) is 56.2 Å². The van der Waals surface area contributed by atoms with Gasteiger partial charge in [0.1, 0.15) is 18.8 Å². The summed E-state index contributed by atoms with van der Waals surface area (Å²) in [6.07, 6.45) is 3.46. The van der Waals surface area contributed by atoms with Gasteiger partial charge >= 0.3 is 5.91 Å². The first-order valence-corrected chi connectivity index (χ1v) is 14.9. The molecule has 0 spiro atoms. The molecule has 2 amide bonds. The van der Waals surface area contributed by atoms with Gasteiger partial charge in [-0.2, -0.15) is 5.10 Å². The number of benzene rings is 3. The van der Waals surface area contributed by atoms with Crippen LogP contribution in [0.1, 0.15) is 27.9 Å². The van der Waals surface area contributed by atoms with E-state index in [9.17, 15) is 26.8 Å². The van der Waals surface area contributed by atoms with Crippen LogP contribution in [0.4, 0.5) is 14.5 Å². The highest BCUT2D eigenvalue weighted by atomic mass is 32.2. The first kappa shape index (κ1) is 29.2.